The van der Waals surface area contributed by atoms with Crippen LogP contribution in [0.1, 0.15) is 18.4 Å². The van der Waals surface area contributed by atoms with Crippen molar-refractivity contribution in [3.05, 3.63) is 54.1 Å². The van der Waals surface area contributed by atoms with Crippen molar-refractivity contribution < 1.29 is 4.42 Å². The van der Waals surface area contributed by atoms with Crippen LogP contribution in [0.2, 0.25) is 0 Å². The molecule has 0 spiro atoms. The summed E-state index contributed by atoms with van der Waals surface area (Å²) in [5, 5.41) is 13.6. The van der Waals surface area contributed by atoms with E-state index in [0.717, 1.165) is 34.3 Å². The molecule has 0 bridgehead atoms. The first-order valence-electron chi connectivity index (χ1n) is 6.91. The molecule has 0 aliphatic heterocycles. The van der Waals surface area contributed by atoms with Gasteiger partial charge in [0.25, 0.3) is 0 Å². The third-order valence-corrected chi connectivity index (χ3v) is 3.40. The van der Waals surface area contributed by atoms with Crippen molar-refractivity contribution in [3.8, 4) is 17.2 Å². The van der Waals surface area contributed by atoms with E-state index in [1.165, 1.54) is 0 Å². The number of hydrogen-bond acceptors (Lipinski definition) is 4. The molecule has 4 nitrogen and oxygen atoms in total. The molecule has 4 heteroatoms. The number of hydrogen-bond donors (Lipinski definition) is 1. The fourth-order valence-electron chi connectivity index (χ4n) is 2.36. The van der Waals surface area contributed by atoms with Gasteiger partial charge < -0.3 is 9.73 Å². The molecule has 3 aromatic rings. The Hall–Kier alpha value is -2.64. The number of pyridine rings is 1. The second-order valence-corrected chi connectivity index (χ2v) is 4.73. The van der Waals surface area contributed by atoms with E-state index in [0.29, 0.717) is 12.2 Å². The lowest BCUT2D eigenvalue weighted by Crippen LogP contribution is -2.11. The van der Waals surface area contributed by atoms with Crippen LogP contribution in [0.15, 0.2) is 47.1 Å². The molecule has 2 aromatic heterocycles. The molecule has 0 aliphatic carbocycles. The summed E-state index contributed by atoms with van der Waals surface area (Å²) in [6, 6.07) is 13.9. The van der Waals surface area contributed by atoms with Gasteiger partial charge in [-0.2, -0.15) is 5.26 Å². The van der Waals surface area contributed by atoms with E-state index in [-0.39, 0.29) is 0 Å². The number of nitrogens with zero attached hydrogens (tertiary/aromatic N) is 2. The van der Waals surface area contributed by atoms with Gasteiger partial charge in [0.2, 0.25) is 0 Å². The largest absolute Gasteiger partial charge is 0.467 e. The second-order valence-electron chi connectivity index (χ2n) is 4.73. The minimum absolute atomic E-state index is 0.424. The molecule has 0 saturated heterocycles. The van der Waals surface area contributed by atoms with E-state index >= 15 is 0 Å². The van der Waals surface area contributed by atoms with Crippen molar-refractivity contribution in [1.29, 1.82) is 5.26 Å². The lowest BCUT2D eigenvalue weighted by Gasteiger charge is -2.07. The fourth-order valence-corrected chi connectivity index (χ4v) is 2.36. The molecule has 104 valence electrons. The molecular formula is C17H15N3O. The van der Waals surface area contributed by atoms with Crippen molar-refractivity contribution in [2.45, 2.75) is 13.5 Å². The molecule has 0 amide bonds. The topological polar surface area (TPSA) is 61.9 Å². The molecule has 0 saturated carbocycles. The normalized spacial score (nSPS) is 10.7. The molecule has 3 rings (SSSR count). The number of nitrogens with one attached hydrogen (secondary N) is 1. The van der Waals surface area contributed by atoms with Crippen LogP contribution < -0.4 is 5.32 Å². The Balaban J connectivity index is 2.15. The maximum atomic E-state index is 9.38. The van der Waals surface area contributed by atoms with Crippen molar-refractivity contribution in [2.24, 2.45) is 0 Å². The third kappa shape index (κ3) is 2.51. The summed E-state index contributed by atoms with van der Waals surface area (Å²) in [5.74, 6) is 0.824. The average molecular weight is 277 g/mol. The number of rotatable bonds is 4. The Bertz CT molecular complexity index is 814. The van der Waals surface area contributed by atoms with E-state index in [1.807, 2.05) is 43.3 Å². The highest BCUT2D eigenvalue weighted by molar-refractivity contribution is 5.86. The van der Waals surface area contributed by atoms with Crippen LogP contribution in [0.4, 0.5) is 0 Å². The number of nitriles is 1. The third-order valence-electron chi connectivity index (χ3n) is 3.40. The number of aromatic nitrogens is 1. The van der Waals surface area contributed by atoms with Gasteiger partial charge in [-0.15, -0.1) is 0 Å². The highest BCUT2D eigenvalue weighted by atomic mass is 16.3. The van der Waals surface area contributed by atoms with Crippen LogP contribution in [-0.4, -0.2) is 11.5 Å². The zero-order chi connectivity index (χ0) is 14.7. The highest BCUT2D eigenvalue weighted by Gasteiger charge is 2.14. The second kappa shape index (κ2) is 5.78. The Labute approximate surface area is 123 Å². The van der Waals surface area contributed by atoms with Crippen molar-refractivity contribution >= 4 is 10.9 Å². The summed E-state index contributed by atoms with van der Waals surface area (Å²) >= 11 is 0. The number of furan rings is 1. The smallest absolute Gasteiger partial charge is 0.149 e. The number of benzene rings is 1. The van der Waals surface area contributed by atoms with Gasteiger partial charge in [0, 0.05) is 16.5 Å². The van der Waals surface area contributed by atoms with Gasteiger partial charge in [-0.3, -0.25) is 0 Å². The summed E-state index contributed by atoms with van der Waals surface area (Å²) < 4.78 is 5.53. The Morgan fingerprint density at radius 1 is 1.24 bits per heavy atom. The monoisotopic (exact) mass is 277 g/mol. The first-order chi connectivity index (χ1) is 10.3. The lowest BCUT2D eigenvalue weighted by atomic mass is 10.0. The molecule has 0 fully saturated rings. The van der Waals surface area contributed by atoms with Gasteiger partial charge in [-0.25, -0.2) is 4.98 Å². The predicted octanol–water partition coefficient (Wildman–Crippen LogP) is 3.48. The molecule has 1 aromatic carbocycles. The summed E-state index contributed by atoms with van der Waals surface area (Å²) in [5.41, 5.74) is 2.99. The van der Waals surface area contributed by atoms with E-state index < -0.39 is 0 Å². The van der Waals surface area contributed by atoms with E-state index in [2.05, 4.69) is 16.4 Å². The minimum atomic E-state index is 0.424. The Morgan fingerprint density at radius 3 is 2.90 bits per heavy atom. The zero-order valence-electron chi connectivity index (χ0n) is 11.8. The van der Waals surface area contributed by atoms with Crippen LogP contribution in [0, 0.1) is 11.3 Å². The first kappa shape index (κ1) is 13.3. The van der Waals surface area contributed by atoms with E-state index in [4.69, 9.17) is 4.42 Å². The molecule has 0 unspecified atom stereocenters. The van der Waals surface area contributed by atoms with Gasteiger partial charge >= 0.3 is 0 Å². The molecular weight excluding hydrogens is 262 g/mol. The fraction of sp³-hybridized carbons (Fsp3) is 0.176. The maximum Gasteiger partial charge on any atom is 0.149 e. The summed E-state index contributed by atoms with van der Waals surface area (Å²) in [6.45, 7) is 3.54. The van der Waals surface area contributed by atoms with Crippen LogP contribution in [-0.2, 0) is 6.54 Å². The maximum absolute atomic E-state index is 9.38. The predicted molar refractivity (Wildman–Crippen MR) is 81.5 cm³/mol. The Morgan fingerprint density at radius 2 is 2.10 bits per heavy atom. The van der Waals surface area contributed by atoms with E-state index in [9.17, 15) is 5.26 Å². The van der Waals surface area contributed by atoms with Gasteiger partial charge in [-0.05, 0) is 24.7 Å². The SMILES string of the molecule is CCNCc1occc1-c1cc2ccccc2nc1C#N. The van der Waals surface area contributed by atoms with Crippen molar-refractivity contribution in [3.63, 3.8) is 0 Å². The highest BCUT2D eigenvalue weighted by Crippen LogP contribution is 2.29. The zero-order valence-corrected chi connectivity index (χ0v) is 11.8. The average Bonchev–Trinajstić information content (AvgIpc) is 2.99. The molecule has 0 radical (unpaired) electrons. The van der Waals surface area contributed by atoms with Crippen LogP contribution in [0.5, 0.6) is 0 Å². The molecule has 0 atom stereocenters. The van der Waals surface area contributed by atoms with Gasteiger partial charge in [0.05, 0.1) is 18.3 Å². The Kier molecular flexibility index (Phi) is 3.67. The minimum Gasteiger partial charge on any atom is -0.467 e. The standard InChI is InChI=1S/C17H15N3O/c1-2-19-11-17-13(7-8-21-17)14-9-12-5-3-4-6-15(12)20-16(14)10-18/h3-9,19H,2,11H2,1H3. The number of para-hydroxylation sites is 1. The number of fused-ring (bicyclic) bond motifs is 1. The summed E-state index contributed by atoms with van der Waals surface area (Å²) in [7, 11) is 0. The summed E-state index contributed by atoms with van der Waals surface area (Å²) in [4.78, 5) is 4.45. The van der Waals surface area contributed by atoms with Crippen molar-refractivity contribution in [1.82, 2.24) is 10.3 Å². The van der Waals surface area contributed by atoms with Gasteiger partial charge in [0.15, 0.2) is 0 Å². The molecule has 0 aliphatic rings. The van der Waals surface area contributed by atoms with Gasteiger partial charge in [-0.1, -0.05) is 25.1 Å². The van der Waals surface area contributed by atoms with Crippen LogP contribution in [0.3, 0.4) is 0 Å². The molecule has 21 heavy (non-hydrogen) atoms. The quantitative estimate of drug-likeness (QED) is 0.793. The van der Waals surface area contributed by atoms with Gasteiger partial charge in [0.1, 0.15) is 17.5 Å². The van der Waals surface area contributed by atoms with Crippen molar-refractivity contribution in [2.75, 3.05) is 6.54 Å². The van der Waals surface area contributed by atoms with E-state index in [1.54, 1.807) is 6.26 Å². The van der Waals surface area contributed by atoms with Crippen LogP contribution >= 0.6 is 0 Å². The lowest BCUT2D eigenvalue weighted by molar-refractivity contribution is 0.489. The summed E-state index contributed by atoms with van der Waals surface area (Å²) in [6.07, 6.45) is 1.65. The molecule has 1 N–H and O–H groups in total. The first-order valence-corrected chi connectivity index (χ1v) is 6.91. The van der Waals surface area contributed by atoms with Crippen LogP contribution in [0.25, 0.3) is 22.0 Å². The molecule has 2 heterocycles.